The molecule has 3 N–H and O–H groups in total. The van der Waals surface area contributed by atoms with E-state index in [4.69, 9.17) is 5.73 Å². The number of amides is 1. The van der Waals surface area contributed by atoms with E-state index in [2.05, 4.69) is 15.3 Å². The fourth-order valence-corrected chi connectivity index (χ4v) is 2.51. The van der Waals surface area contributed by atoms with Crippen LogP contribution in [0.15, 0.2) is 35.5 Å². The number of aromatic nitrogens is 2. The Hall–Kier alpha value is -2.28. The lowest BCUT2D eigenvalue weighted by Gasteiger charge is -2.13. The van der Waals surface area contributed by atoms with Crippen LogP contribution in [-0.2, 0) is 4.79 Å². The SMILES string of the molecule is Cc1cc(N)nc(SCC(=O)Nc2ccc(N(C)C)cc2)n1. The van der Waals surface area contributed by atoms with Crippen LogP contribution in [0.3, 0.4) is 0 Å². The van der Waals surface area contributed by atoms with Crippen LogP contribution in [0.5, 0.6) is 0 Å². The molecule has 0 aliphatic heterocycles. The summed E-state index contributed by atoms with van der Waals surface area (Å²) in [6.07, 6.45) is 0. The number of anilines is 3. The number of aryl methyl sites for hydroxylation is 1. The van der Waals surface area contributed by atoms with Crippen LogP contribution in [-0.4, -0.2) is 35.7 Å². The summed E-state index contributed by atoms with van der Waals surface area (Å²) in [4.78, 5) is 22.3. The van der Waals surface area contributed by atoms with Crippen molar-refractivity contribution >= 4 is 34.9 Å². The van der Waals surface area contributed by atoms with E-state index in [1.165, 1.54) is 11.8 Å². The number of nitrogens with zero attached hydrogens (tertiary/aromatic N) is 3. The van der Waals surface area contributed by atoms with Crippen molar-refractivity contribution in [1.82, 2.24) is 9.97 Å². The molecule has 0 bridgehead atoms. The highest BCUT2D eigenvalue weighted by atomic mass is 32.2. The first-order chi connectivity index (χ1) is 10.4. The van der Waals surface area contributed by atoms with Gasteiger partial charge in [-0.15, -0.1) is 0 Å². The highest BCUT2D eigenvalue weighted by Gasteiger charge is 2.07. The molecule has 0 aliphatic rings. The van der Waals surface area contributed by atoms with Gasteiger partial charge in [0.1, 0.15) is 5.82 Å². The Balaban J connectivity index is 1.90. The Morgan fingerprint density at radius 1 is 1.27 bits per heavy atom. The van der Waals surface area contributed by atoms with Gasteiger partial charge in [0.05, 0.1) is 5.75 Å². The number of nitrogens with two attached hydrogens (primary N) is 1. The zero-order valence-electron chi connectivity index (χ0n) is 12.8. The molecule has 1 heterocycles. The molecule has 0 saturated carbocycles. The lowest BCUT2D eigenvalue weighted by atomic mass is 10.2. The zero-order valence-corrected chi connectivity index (χ0v) is 13.6. The zero-order chi connectivity index (χ0) is 16.1. The van der Waals surface area contributed by atoms with Gasteiger partial charge in [0.15, 0.2) is 5.16 Å². The summed E-state index contributed by atoms with van der Waals surface area (Å²) >= 11 is 1.26. The summed E-state index contributed by atoms with van der Waals surface area (Å²) < 4.78 is 0. The highest BCUT2D eigenvalue weighted by molar-refractivity contribution is 7.99. The van der Waals surface area contributed by atoms with Crippen LogP contribution in [0.1, 0.15) is 5.69 Å². The number of benzene rings is 1. The van der Waals surface area contributed by atoms with Crippen LogP contribution in [0.2, 0.25) is 0 Å². The molecule has 0 fully saturated rings. The van der Waals surface area contributed by atoms with Gasteiger partial charge >= 0.3 is 0 Å². The third kappa shape index (κ3) is 4.63. The summed E-state index contributed by atoms with van der Waals surface area (Å²) in [7, 11) is 3.94. The monoisotopic (exact) mass is 317 g/mol. The average molecular weight is 317 g/mol. The number of carbonyl (C=O) groups excluding carboxylic acids is 1. The van der Waals surface area contributed by atoms with E-state index in [1.807, 2.05) is 50.2 Å². The lowest BCUT2D eigenvalue weighted by molar-refractivity contribution is -0.113. The Labute approximate surface area is 134 Å². The van der Waals surface area contributed by atoms with Gasteiger partial charge in [-0.2, -0.15) is 0 Å². The largest absolute Gasteiger partial charge is 0.384 e. The maximum atomic E-state index is 11.9. The molecule has 6 nitrogen and oxygen atoms in total. The minimum atomic E-state index is -0.105. The van der Waals surface area contributed by atoms with Crippen LogP contribution in [0, 0.1) is 6.92 Å². The first kappa shape index (κ1) is 16.1. The third-order valence-electron chi connectivity index (χ3n) is 2.85. The van der Waals surface area contributed by atoms with Crippen molar-refractivity contribution in [2.75, 3.05) is 35.8 Å². The highest BCUT2D eigenvalue weighted by Crippen LogP contribution is 2.18. The van der Waals surface area contributed by atoms with Crippen LogP contribution in [0.4, 0.5) is 17.2 Å². The molecule has 7 heteroatoms. The molecule has 22 heavy (non-hydrogen) atoms. The summed E-state index contributed by atoms with van der Waals surface area (Å²) in [6, 6.07) is 9.34. The van der Waals surface area contributed by atoms with Crippen molar-refractivity contribution in [3.05, 3.63) is 36.0 Å². The first-order valence-corrected chi connectivity index (χ1v) is 7.74. The van der Waals surface area contributed by atoms with Gasteiger partial charge in [-0.05, 0) is 31.2 Å². The molecule has 116 valence electrons. The summed E-state index contributed by atoms with van der Waals surface area (Å²) in [5, 5.41) is 3.35. The normalized spacial score (nSPS) is 10.3. The predicted octanol–water partition coefficient (Wildman–Crippen LogP) is 2.16. The molecule has 0 atom stereocenters. The maximum Gasteiger partial charge on any atom is 0.234 e. The van der Waals surface area contributed by atoms with Gasteiger partial charge in [0.2, 0.25) is 5.91 Å². The molecule has 1 aromatic carbocycles. The van der Waals surface area contributed by atoms with E-state index in [1.54, 1.807) is 6.07 Å². The van der Waals surface area contributed by atoms with E-state index in [0.29, 0.717) is 11.0 Å². The second-order valence-corrected chi connectivity index (χ2v) is 5.94. The minimum absolute atomic E-state index is 0.105. The second kappa shape index (κ2) is 7.13. The van der Waals surface area contributed by atoms with Crippen molar-refractivity contribution < 1.29 is 4.79 Å². The standard InChI is InChI=1S/C15H19N5OS/c1-10-8-13(16)19-15(17-10)22-9-14(21)18-11-4-6-12(7-5-11)20(2)3/h4-8H,9H2,1-3H3,(H,18,21)(H2,16,17,19). The van der Waals surface area contributed by atoms with E-state index in [0.717, 1.165) is 17.1 Å². The quantitative estimate of drug-likeness (QED) is 0.649. The molecule has 0 radical (unpaired) electrons. The van der Waals surface area contributed by atoms with E-state index >= 15 is 0 Å². The fraction of sp³-hybridized carbons (Fsp3) is 0.267. The van der Waals surface area contributed by atoms with Gasteiger partial charge in [0, 0.05) is 37.2 Å². The minimum Gasteiger partial charge on any atom is -0.384 e. The Kier molecular flexibility index (Phi) is 5.21. The van der Waals surface area contributed by atoms with Crippen molar-refractivity contribution in [1.29, 1.82) is 0 Å². The molecule has 0 aliphatic carbocycles. The number of hydrogen-bond donors (Lipinski definition) is 2. The number of carbonyl (C=O) groups is 1. The Morgan fingerprint density at radius 2 is 1.95 bits per heavy atom. The Morgan fingerprint density at radius 3 is 2.55 bits per heavy atom. The molecule has 2 aromatic rings. The number of nitrogens with one attached hydrogen (secondary N) is 1. The van der Waals surface area contributed by atoms with E-state index in [-0.39, 0.29) is 11.7 Å². The van der Waals surface area contributed by atoms with Gasteiger partial charge in [-0.1, -0.05) is 11.8 Å². The van der Waals surface area contributed by atoms with Gasteiger partial charge < -0.3 is 16.0 Å². The topological polar surface area (TPSA) is 84.1 Å². The van der Waals surface area contributed by atoms with Gasteiger partial charge in [-0.25, -0.2) is 9.97 Å². The van der Waals surface area contributed by atoms with Crippen molar-refractivity contribution in [3.8, 4) is 0 Å². The lowest BCUT2D eigenvalue weighted by Crippen LogP contribution is -2.15. The molecule has 0 saturated heterocycles. The van der Waals surface area contributed by atoms with Crippen molar-refractivity contribution in [3.63, 3.8) is 0 Å². The van der Waals surface area contributed by atoms with Crippen molar-refractivity contribution in [2.45, 2.75) is 12.1 Å². The maximum absolute atomic E-state index is 11.9. The van der Waals surface area contributed by atoms with E-state index < -0.39 is 0 Å². The predicted molar refractivity (Wildman–Crippen MR) is 91.3 cm³/mol. The van der Waals surface area contributed by atoms with Crippen LogP contribution < -0.4 is 16.0 Å². The second-order valence-electron chi connectivity index (χ2n) is 4.99. The summed E-state index contributed by atoms with van der Waals surface area (Å²) in [6.45, 7) is 1.84. The van der Waals surface area contributed by atoms with Crippen LogP contribution >= 0.6 is 11.8 Å². The summed E-state index contributed by atoms with van der Waals surface area (Å²) in [5.41, 5.74) is 8.29. The van der Waals surface area contributed by atoms with Gasteiger partial charge in [-0.3, -0.25) is 4.79 Å². The number of hydrogen-bond acceptors (Lipinski definition) is 6. The fourth-order valence-electron chi connectivity index (χ4n) is 1.80. The summed E-state index contributed by atoms with van der Waals surface area (Å²) in [5.74, 6) is 0.541. The molecule has 1 aromatic heterocycles. The Bertz CT molecular complexity index is 637. The molecule has 0 unspecified atom stereocenters. The average Bonchev–Trinajstić information content (AvgIpc) is 2.45. The molecular formula is C15H19N5OS. The van der Waals surface area contributed by atoms with Crippen molar-refractivity contribution in [2.24, 2.45) is 0 Å². The third-order valence-corrected chi connectivity index (χ3v) is 3.70. The van der Waals surface area contributed by atoms with E-state index in [9.17, 15) is 4.79 Å². The van der Waals surface area contributed by atoms with Crippen LogP contribution in [0.25, 0.3) is 0 Å². The number of nitrogen functional groups attached to an aromatic ring is 1. The van der Waals surface area contributed by atoms with Gasteiger partial charge in [0.25, 0.3) is 0 Å². The molecular weight excluding hydrogens is 298 g/mol. The number of thioether (sulfide) groups is 1. The molecule has 2 rings (SSSR count). The molecule has 0 spiro atoms. The molecule has 1 amide bonds. The number of rotatable bonds is 5. The first-order valence-electron chi connectivity index (χ1n) is 6.75. The smallest absolute Gasteiger partial charge is 0.234 e.